The van der Waals surface area contributed by atoms with Crippen LogP contribution in [-0.2, 0) is 19.1 Å². The highest BCUT2D eigenvalue weighted by Crippen LogP contribution is 2.17. The van der Waals surface area contributed by atoms with Gasteiger partial charge in [0.05, 0.1) is 0 Å². The van der Waals surface area contributed by atoms with Gasteiger partial charge >= 0.3 is 11.9 Å². The minimum atomic E-state index is -0.957. The van der Waals surface area contributed by atoms with Gasteiger partial charge in [-0.3, -0.25) is 9.59 Å². The molecule has 52 heavy (non-hydrogen) atoms. The van der Waals surface area contributed by atoms with Crippen LogP contribution < -0.4 is 0 Å². The number of aliphatic hydroxyl groups is 1. The first-order chi connectivity index (χ1) is 25.3. The van der Waals surface area contributed by atoms with Crippen molar-refractivity contribution >= 4 is 11.9 Å². The van der Waals surface area contributed by atoms with Gasteiger partial charge in [0.2, 0.25) is 0 Å². The lowest BCUT2D eigenvalue weighted by Crippen LogP contribution is -2.25. The van der Waals surface area contributed by atoms with E-state index in [-0.39, 0.29) is 25.2 Å². The number of aliphatic hydroxyl groups excluding tert-OH is 1. The first-order valence-corrected chi connectivity index (χ1v) is 23.3. The second-order valence-corrected chi connectivity index (χ2v) is 17.2. The van der Waals surface area contributed by atoms with Crippen molar-refractivity contribution in [3.8, 4) is 0 Å². The fourth-order valence-electron chi connectivity index (χ4n) is 7.16. The summed E-state index contributed by atoms with van der Waals surface area (Å²) in [5.41, 5.74) is 0. The molecular formula is C47H92O5. The van der Waals surface area contributed by atoms with Crippen LogP contribution in [0.2, 0.25) is 0 Å². The summed E-state index contributed by atoms with van der Waals surface area (Å²) >= 11 is 0. The molecule has 0 aliphatic rings. The molecule has 1 N–H and O–H groups in total. The quantitative estimate of drug-likeness (QED) is 0.0499. The van der Waals surface area contributed by atoms with Gasteiger partial charge in [0.25, 0.3) is 0 Å². The van der Waals surface area contributed by atoms with Crippen LogP contribution in [-0.4, -0.2) is 36.4 Å². The molecular weight excluding hydrogens is 645 g/mol. The third kappa shape index (κ3) is 43.3. The molecule has 0 aliphatic carbocycles. The summed E-state index contributed by atoms with van der Waals surface area (Å²) in [4.78, 5) is 24.0. The second-order valence-electron chi connectivity index (χ2n) is 17.2. The number of hydrogen-bond donors (Lipinski definition) is 1. The summed E-state index contributed by atoms with van der Waals surface area (Å²) in [5.74, 6) is 1.17. The maximum atomic E-state index is 12.0. The Kier molecular flexibility index (Phi) is 40.2. The van der Waals surface area contributed by atoms with Crippen LogP contribution in [0.15, 0.2) is 0 Å². The SMILES string of the molecule is CC(C)CCCCCCCCCCCCCCCCCCCCC(=O)OC[C@@H](O)COC(=O)CCCCCCCCCCCCCCCCC(C)C. The molecule has 5 heteroatoms. The predicted molar refractivity (Wildman–Crippen MR) is 224 cm³/mol. The number of hydrogen-bond acceptors (Lipinski definition) is 5. The highest BCUT2D eigenvalue weighted by Gasteiger charge is 2.12. The number of carbonyl (C=O) groups is 2. The van der Waals surface area contributed by atoms with E-state index >= 15 is 0 Å². The van der Waals surface area contributed by atoms with Crippen molar-refractivity contribution in [1.82, 2.24) is 0 Å². The molecule has 5 nitrogen and oxygen atoms in total. The van der Waals surface area contributed by atoms with Gasteiger partial charge in [-0.15, -0.1) is 0 Å². The zero-order valence-electron chi connectivity index (χ0n) is 35.7. The predicted octanol–water partition coefficient (Wildman–Crippen LogP) is 14.8. The molecule has 0 aliphatic heterocycles. The Balaban J connectivity index is 3.35. The molecule has 1 atom stereocenters. The smallest absolute Gasteiger partial charge is 0.305 e. The highest BCUT2D eigenvalue weighted by atomic mass is 16.6. The Morgan fingerprint density at radius 3 is 0.750 bits per heavy atom. The van der Waals surface area contributed by atoms with E-state index in [1.54, 1.807) is 0 Å². The fraction of sp³-hybridized carbons (Fsp3) is 0.957. The largest absolute Gasteiger partial charge is 0.463 e. The Labute approximate surface area is 325 Å². The van der Waals surface area contributed by atoms with Crippen molar-refractivity contribution in [2.75, 3.05) is 13.2 Å². The fourth-order valence-corrected chi connectivity index (χ4v) is 7.16. The molecule has 0 rings (SSSR count). The van der Waals surface area contributed by atoms with E-state index in [4.69, 9.17) is 9.47 Å². The first kappa shape index (κ1) is 50.9. The Hall–Kier alpha value is -1.10. The summed E-state index contributed by atoms with van der Waals surface area (Å²) in [5, 5.41) is 10.1. The van der Waals surface area contributed by atoms with Gasteiger partial charge in [-0.2, -0.15) is 0 Å². The van der Waals surface area contributed by atoms with Gasteiger partial charge in [-0.05, 0) is 24.7 Å². The molecule has 0 spiro atoms. The van der Waals surface area contributed by atoms with E-state index in [1.165, 1.54) is 193 Å². The summed E-state index contributed by atoms with van der Waals surface area (Å²) in [7, 11) is 0. The molecule has 0 aromatic heterocycles. The lowest BCUT2D eigenvalue weighted by molar-refractivity contribution is -0.152. The van der Waals surface area contributed by atoms with Crippen LogP contribution >= 0.6 is 0 Å². The minimum Gasteiger partial charge on any atom is -0.463 e. The molecule has 0 aromatic carbocycles. The standard InChI is InChI=1S/C47H92O5/c1-43(2)37-33-29-25-21-17-13-9-7-5-6-8-10-15-19-23-27-31-35-39-46(49)51-41-45(48)42-52-47(50)40-36-32-28-24-20-16-12-11-14-18-22-26-30-34-38-44(3)4/h43-45,48H,5-42H2,1-4H3/t45-/m1/s1. The van der Waals surface area contributed by atoms with E-state index in [2.05, 4.69) is 27.7 Å². The molecule has 0 radical (unpaired) electrons. The van der Waals surface area contributed by atoms with E-state index in [1.807, 2.05) is 0 Å². The van der Waals surface area contributed by atoms with Crippen LogP contribution in [0.1, 0.15) is 259 Å². The average molecular weight is 737 g/mol. The normalized spacial score (nSPS) is 12.2. The van der Waals surface area contributed by atoms with Gasteiger partial charge in [0, 0.05) is 12.8 Å². The van der Waals surface area contributed by atoms with E-state index in [0.717, 1.165) is 37.5 Å². The van der Waals surface area contributed by atoms with Gasteiger partial charge < -0.3 is 14.6 Å². The molecule has 0 saturated heterocycles. The maximum absolute atomic E-state index is 12.0. The lowest BCUT2D eigenvalue weighted by Gasteiger charge is -2.12. The minimum absolute atomic E-state index is 0.108. The van der Waals surface area contributed by atoms with Gasteiger partial charge in [-0.25, -0.2) is 0 Å². The molecule has 0 unspecified atom stereocenters. The number of ether oxygens (including phenoxy) is 2. The van der Waals surface area contributed by atoms with E-state index in [9.17, 15) is 14.7 Å². The van der Waals surface area contributed by atoms with Crippen molar-refractivity contribution < 1.29 is 24.2 Å². The van der Waals surface area contributed by atoms with Gasteiger partial charge in [-0.1, -0.05) is 233 Å². The Morgan fingerprint density at radius 2 is 0.538 bits per heavy atom. The van der Waals surface area contributed by atoms with E-state index < -0.39 is 6.10 Å². The number of rotatable bonds is 42. The van der Waals surface area contributed by atoms with Crippen molar-refractivity contribution in [3.63, 3.8) is 0 Å². The van der Waals surface area contributed by atoms with Crippen molar-refractivity contribution in [3.05, 3.63) is 0 Å². The van der Waals surface area contributed by atoms with Gasteiger partial charge in [0.15, 0.2) is 0 Å². The molecule has 0 saturated carbocycles. The third-order valence-corrected chi connectivity index (χ3v) is 10.7. The number of carbonyl (C=O) groups excluding carboxylic acids is 2. The maximum Gasteiger partial charge on any atom is 0.305 e. The molecule has 0 aromatic rings. The first-order valence-electron chi connectivity index (χ1n) is 23.3. The molecule has 0 fully saturated rings. The van der Waals surface area contributed by atoms with Crippen molar-refractivity contribution in [2.24, 2.45) is 11.8 Å². The van der Waals surface area contributed by atoms with Crippen molar-refractivity contribution in [1.29, 1.82) is 0 Å². The number of unbranched alkanes of at least 4 members (excludes halogenated alkanes) is 30. The van der Waals surface area contributed by atoms with Crippen LogP contribution in [0.3, 0.4) is 0 Å². The van der Waals surface area contributed by atoms with Gasteiger partial charge in [0.1, 0.15) is 19.3 Å². The van der Waals surface area contributed by atoms with Crippen LogP contribution in [0.4, 0.5) is 0 Å². The molecule has 0 amide bonds. The molecule has 0 bridgehead atoms. The molecule has 0 heterocycles. The van der Waals surface area contributed by atoms with E-state index in [0.29, 0.717) is 12.8 Å². The topological polar surface area (TPSA) is 72.8 Å². The van der Waals surface area contributed by atoms with Crippen LogP contribution in [0.5, 0.6) is 0 Å². The van der Waals surface area contributed by atoms with Crippen LogP contribution in [0, 0.1) is 11.8 Å². The Bertz CT molecular complexity index is 735. The summed E-state index contributed by atoms with van der Waals surface area (Å²) in [6, 6.07) is 0. The summed E-state index contributed by atoms with van der Waals surface area (Å²) < 4.78 is 10.4. The Morgan fingerprint density at radius 1 is 0.346 bits per heavy atom. The number of esters is 2. The highest BCUT2D eigenvalue weighted by molar-refractivity contribution is 5.69. The third-order valence-electron chi connectivity index (χ3n) is 10.7. The monoisotopic (exact) mass is 737 g/mol. The average Bonchev–Trinajstić information content (AvgIpc) is 3.11. The van der Waals surface area contributed by atoms with Crippen LogP contribution in [0.25, 0.3) is 0 Å². The lowest BCUT2D eigenvalue weighted by atomic mass is 10.0. The zero-order chi connectivity index (χ0) is 38.2. The summed E-state index contributed by atoms with van der Waals surface area (Å²) in [6.07, 6.45) is 44.6. The summed E-state index contributed by atoms with van der Waals surface area (Å²) in [6.45, 7) is 9.07. The second kappa shape index (κ2) is 41.1. The van der Waals surface area contributed by atoms with Crippen molar-refractivity contribution in [2.45, 2.75) is 265 Å². The zero-order valence-corrected chi connectivity index (χ0v) is 35.7. The molecule has 310 valence electrons.